The molecular formula is C16H22BrN3. The SMILES string of the molecule is CCn1nc(C)c(C(C)Nc2ccc(Br)c(C)c2)c1C. The summed E-state index contributed by atoms with van der Waals surface area (Å²) in [4.78, 5) is 0. The van der Waals surface area contributed by atoms with Gasteiger partial charge in [0.2, 0.25) is 0 Å². The van der Waals surface area contributed by atoms with Crippen molar-refractivity contribution in [3.05, 3.63) is 45.2 Å². The van der Waals surface area contributed by atoms with Crippen molar-refractivity contribution in [2.45, 2.75) is 47.2 Å². The number of anilines is 1. The smallest absolute Gasteiger partial charge is 0.0649 e. The molecule has 0 bridgehead atoms. The Labute approximate surface area is 129 Å². The molecule has 0 aliphatic rings. The first kappa shape index (κ1) is 15.1. The molecule has 1 heterocycles. The van der Waals surface area contributed by atoms with Crippen LogP contribution in [0.15, 0.2) is 22.7 Å². The van der Waals surface area contributed by atoms with Crippen LogP contribution in [-0.2, 0) is 6.54 Å². The van der Waals surface area contributed by atoms with Crippen molar-refractivity contribution in [2.24, 2.45) is 0 Å². The zero-order chi connectivity index (χ0) is 14.9. The number of aryl methyl sites for hydroxylation is 3. The Kier molecular flexibility index (Phi) is 4.53. The second-order valence-corrected chi connectivity index (χ2v) is 6.08. The maximum atomic E-state index is 4.59. The normalized spacial score (nSPS) is 12.5. The van der Waals surface area contributed by atoms with Gasteiger partial charge in [-0.1, -0.05) is 15.9 Å². The van der Waals surface area contributed by atoms with Crippen LogP contribution < -0.4 is 5.32 Å². The second kappa shape index (κ2) is 6.00. The third kappa shape index (κ3) is 2.90. The van der Waals surface area contributed by atoms with Gasteiger partial charge < -0.3 is 5.32 Å². The topological polar surface area (TPSA) is 29.9 Å². The average molecular weight is 336 g/mol. The molecule has 0 amide bonds. The van der Waals surface area contributed by atoms with Crippen LogP contribution in [0.1, 0.15) is 42.4 Å². The highest BCUT2D eigenvalue weighted by Gasteiger charge is 2.16. The molecule has 1 aromatic carbocycles. The van der Waals surface area contributed by atoms with Gasteiger partial charge in [-0.25, -0.2) is 0 Å². The molecule has 3 nitrogen and oxygen atoms in total. The third-order valence-corrected chi connectivity index (χ3v) is 4.60. The van der Waals surface area contributed by atoms with Gasteiger partial charge in [0.05, 0.1) is 11.7 Å². The molecule has 4 heteroatoms. The molecule has 1 aromatic heterocycles. The predicted molar refractivity (Wildman–Crippen MR) is 88.3 cm³/mol. The summed E-state index contributed by atoms with van der Waals surface area (Å²) >= 11 is 3.54. The quantitative estimate of drug-likeness (QED) is 0.872. The minimum atomic E-state index is 0.246. The molecule has 0 aliphatic carbocycles. The van der Waals surface area contributed by atoms with Crippen LogP contribution >= 0.6 is 15.9 Å². The summed E-state index contributed by atoms with van der Waals surface area (Å²) < 4.78 is 3.21. The molecule has 1 atom stereocenters. The number of nitrogens with zero attached hydrogens (tertiary/aromatic N) is 2. The van der Waals surface area contributed by atoms with E-state index in [1.807, 2.05) is 0 Å². The zero-order valence-electron chi connectivity index (χ0n) is 12.8. The van der Waals surface area contributed by atoms with E-state index in [2.05, 4.69) is 83.8 Å². The van der Waals surface area contributed by atoms with Crippen molar-refractivity contribution in [3.8, 4) is 0 Å². The number of aromatic nitrogens is 2. The molecule has 2 rings (SSSR count). The van der Waals surface area contributed by atoms with E-state index in [-0.39, 0.29) is 6.04 Å². The number of hydrogen-bond donors (Lipinski definition) is 1. The third-order valence-electron chi connectivity index (χ3n) is 3.71. The van der Waals surface area contributed by atoms with Crippen LogP contribution in [-0.4, -0.2) is 9.78 Å². The van der Waals surface area contributed by atoms with Gasteiger partial charge in [-0.3, -0.25) is 4.68 Å². The Balaban J connectivity index is 2.25. The Hall–Kier alpha value is -1.29. The van der Waals surface area contributed by atoms with Crippen LogP contribution in [0.2, 0.25) is 0 Å². The number of hydrogen-bond acceptors (Lipinski definition) is 2. The van der Waals surface area contributed by atoms with E-state index in [4.69, 9.17) is 0 Å². The molecule has 1 unspecified atom stereocenters. The lowest BCUT2D eigenvalue weighted by Crippen LogP contribution is -2.09. The largest absolute Gasteiger partial charge is 0.378 e. The van der Waals surface area contributed by atoms with Gasteiger partial charge in [-0.15, -0.1) is 0 Å². The van der Waals surface area contributed by atoms with Crippen LogP contribution in [0.25, 0.3) is 0 Å². The van der Waals surface area contributed by atoms with E-state index < -0.39 is 0 Å². The highest BCUT2D eigenvalue weighted by molar-refractivity contribution is 9.10. The molecule has 0 saturated carbocycles. The van der Waals surface area contributed by atoms with Gasteiger partial charge in [-0.05, 0) is 58.4 Å². The first-order chi connectivity index (χ1) is 9.43. The number of nitrogens with one attached hydrogen (secondary N) is 1. The molecule has 0 radical (unpaired) electrons. The van der Waals surface area contributed by atoms with Gasteiger partial charge in [0, 0.05) is 28.0 Å². The predicted octanol–water partition coefficient (Wildman–Crippen LogP) is 4.76. The van der Waals surface area contributed by atoms with E-state index in [0.717, 1.165) is 22.4 Å². The molecule has 0 aliphatic heterocycles. The maximum absolute atomic E-state index is 4.59. The number of halogens is 1. The van der Waals surface area contributed by atoms with Crippen LogP contribution in [0.5, 0.6) is 0 Å². The second-order valence-electron chi connectivity index (χ2n) is 5.23. The van der Waals surface area contributed by atoms with Crippen molar-refractivity contribution >= 4 is 21.6 Å². The fraction of sp³-hybridized carbons (Fsp3) is 0.438. The van der Waals surface area contributed by atoms with Crippen molar-refractivity contribution < 1.29 is 0 Å². The summed E-state index contributed by atoms with van der Waals surface area (Å²) in [6, 6.07) is 6.59. The zero-order valence-corrected chi connectivity index (χ0v) is 14.4. The van der Waals surface area contributed by atoms with Crippen LogP contribution in [0.3, 0.4) is 0 Å². The summed E-state index contributed by atoms with van der Waals surface area (Å²) in [6.07, 6.45) is 0. The molecule has 0 fully saturated rings. The Morgan fingerprint density at radius 3 is 2.55 bits per heavy atom. The van der Waals surface area contributed by atoms with Crippen LogP contribution in [0, 0.1) is 20.8 Å². The lowest BCUT2D eigenvalue weighted by molar-refractivity contribution is 0.632. The highest BCUT2D eigenvalue weighted by Crippen LogP contribution is 2.27. The molecule has 2 aromatic rings. The van der Waals surface area contributed by atoms with E-state index in [1.54, 1.807) is 0 Å². The van der Waals surface area contributed by atoms with E-state index in [9.17, 15) is 0 Å². The summed E-state index contributed by atoms with van der Waals surface area (Å²) in [5, 5.41) is 8.16. The van der Waals surface area contributed by atoms with Crippen molar-refractivity contribution in [2.75, 3.05) is 5.32 Å². The fourth-order valence-electron chi connectivity index (χ4n) is 2.70. The molecule has 108 valence electrons. The number of benzene rings is 1. The van der Waals surface area contributed by atoms with Gasteiger partial charge in [0.25, 0.3) is 0 Å². The van der Waals surface area contributed by atoms with E-state index >= 15 is 0 Å². The Morgan fingerprint density at radius 2 is 2.00 bits per heavy atom. The van der Waals surface area contributed by atoms with E-state index in [0.29, 0.717) is 0 Å². The molecule has 20 heavy (non-hydrogen) atoms. The monoisotopic (exact) mass is 335 g/mol. The van der Waals surface area contributed by atoms with Crippen LogP contribution in [0.4, 0.5) is 5.69 Å². The van der Waals surface area contributed by atoms with Gasteiger partial charge in [0.15, 0.2) is 0 Å². The van der Waals surface area contributed by atoms with Gasteiger partial charge in [0.1, 0.15) is 0 Å². The summed E-state index contributed by atoms with van der Waals surface area (Å²) in [5.41, 5.74) is 6.03. The first-order valence-electron chi connectivity index (χ1n) is 7.00. The minimum Gasteiger partial charge on any atom is -0.378 e. The number of rotatable bonds is 4. The minimum absolute atomic E-state index is 0.246. The average Bonchev–Trinajstić information content (AvgIpc) is 2.68. The highest BCUT2D eigenvalue weighted by atomic mass is 79.9. The Morgan fingerprint density at radius 1 is 1.30 bits per heavy atom. The first-order valence-corrected chi connectivity index (χ1v) is 7.80. The van der Waals surface area contributed by atoms with Gasteiger partial charge in [-0.2, -0.15) is 5.10 Å². The van der Waals surface area contributed by atoms with E-state index in [1.165, 1.54) is 16.8 Å². The van der Waals surface area contributed by atoms with Crippen molar-refractivity contribution in [1.82, 2.24) is 9.78 Å². The molecule has 0 spiro atoms. The molecule has 1 N–H and O–H groups in total. The molecular weight excluding hydrogens is 314 g/mol. The summed E-state index contributed by atoms with van der Waals surface area (Å²) in [5.74, 6) is 0. The lowest BCUT2D eigenvalue weighted by Gasteiger charge is -2.17. The summed E-state index contributed by atoms with van der Waals surface area (Å²) in [7, 11) is 0. The maximum Gasteiger partial charge on any atom is 0.0649 e. The lowest BCUT2D eigenvalue weighted by atomic mass is 10.1. The standard InChI is InChI=1S/C16H22BrN3/c1-6-20-13(5)16(12(4)19-20)11(3)18-14-7-8-15(17)10(2)9-14/h7-9,11,18H,6H2,1-5H3. The Bertz CT molecular complexity index is 616. The van der Waals surface area contributed by atoms with Crippen molar-refractivity contribution in [1.29, 1.82) is 0 Å². The van der Waals surface area contributed by atoms with Gasteiger partial charge >= 0.3 is 0 Å². The molecule has 0 saturated heterocycles. The van der Waals surface area contributed by atoms with Crippen molar-refractivity contribution in [3.63, 3.8) is 0 Å². The summed E-state index contributed by atoms with van der Waals surface area (Å²) in [6.45, 7) is 11.6. The fourth-order valence-corrected chi connectivity index (χ4v) is 2.95.